The Labute approximate surface area is 170 Å². The Balaban J connectivity index is 2.38. The van der Waals surface area contributed by atoms with E-state index in [4.69, 9.17) is 26.4 Å². The Morgan fingerprint density at radius 3 is 2.14 bits per heavy atom. The number of amides is 1. The number of benzene rings is 2. The van der Waals surface area contributed by atoms with Gasteiger partial charge in [-0.15, -0.1) is 0 Å². The number of hydrogen-bond acceptors (Lipinski definition) is 5. The van der Waals surface area contributed by atoms with Gasteiger partial charge in [0, 0.05) is 24.7 Å². The van der Waals surface area contributed by atoms with E-state index in [1.165, 1.54) is 0 Å². The van der Waals surface area contributed by atoms with Crippen LogP contribution in [0.25, 0.3) is 0 Å². The van der Waals surface area contributed by atoms with Gasteiger partial charge in [0.25, 0.3) is 5.91 Å². The Hall–Kier alpha value is -3.00. The summed E-state index contributed by atoms with van der Waals surface area (Å²) in [6, 6.07) is 10.4. The van der Waals surface area contributed by atoms with Crippen LogP contribution < -0.4 is 30.2 Å². The first-order valence-electron chi connectivity index (χ1n) is 8.90. The highest BCUT2D eigenvalue weighted by molar-refractivity contribution is 7.80. The molecule has 7 nitrogen and oxygen atoms in total. The number of ether oxygens (including phenoxy) is 3. The molecule has 2 rings (SSSR count). The van der Waals surface area contributed by atoms with E-state index in [0.29, 0.717) is 52.5 Å². The second-order valence-electron chi connectivity index (χ2n) is 5.60. The van der Waals surface area contributed by atoms with Crippen molar-refractivity contribution in [2.75, 3.05) is 38.0 Å². The molecule has 0 aliphatic rings. The van der Waals surface area contributed by atoms with E-state index < -0.39 is 0 Å². The van der Waals surface area contributed by atoms with E-state index in [-0.39, 0.29) is 5.91 Å². The highest BCUT2D eigenvalue weighted by Crippen LogP contribution is 2.37. The highest BCUT2D eigenvalue weighted by Gasteiger charge is 2.16. The molecule has 2 aromatic carbocycles. The molecule has 1 amide bonds. The van der Waals surface area contributed by atoms with Crippen LogP contribution in [0.2, 0.25) is 0 Å². The Morgan fingerprint density at radius 2 is 1.61 bits per heavy atom. The minimum absolute atomic E-state index is 0.284. The molecule has 0 aliphatic heterocycles. The number of carbonyl (C=O) groups excluding carboxylic acids is 1. The number of thiocarbonyl (C=S) groups is 1. The van der Waals surface area contributed by atoms with Crippen LogP contribution in [0, 0.1) is 0 Å². The van der Waals surface area contributed by atoms with Gasteiger partial charge < -0.3 is 30.2 Å². The molecule has 0 saturated heterocycles. The van der Waals surface area contributed by atoms with E-state index in [9.17, 15) is 4.79 Å². The third kappa shape index (κ3) is 5.50. The van der Waals surface area contributed by atoms with E-state index in [0.717, 1.165) is 0 Å². The summed E-state index contributed by atoms with van der Waals surface area (Å²) in [7, 11) is 3.28. The van der Waals surface area contributed by atoms with Crippen LogP contribution >= 0.6 is 12.2 Å². The summed E-state index contributed by atoms with van der Waals surface area (Å²) in [5, 5.41) is 9.23. The smallest absolute Gasteiger partial charge is 0.255 e. The molecule has 3 N–H and O–H groups in total. The van der Waals surface area contributed by atoms with Crippen LogP contribution in [-0.2, 0) is 0 Å². The SMILES string of the molecule is CCOc1cc(NC(=S)NC)c(OCC)cc1NC(=O)c1cccc(OC)c1. The third-order valence-corrected chi connectivity index (χ3v) is 4.04. The maximum atomic E-state index is 12.7. The van der Waals surface area contributed by atoms with Gasteiger partial charge in [0.1, 0.15) is 17.2 Å². The van der Waals surface area contributed by atoms with E-state index in [1.54, 1.807) is 50.6 Å². The summed E-state index contributed by atoms with van der Waals surface area (Å²) >= 11 is 5.18. The number of carbonyl (C=O) groups is 1. The zero-order valence-corrected chi connectivity index (χ0v) is 17.2. The zero-order chi connectivity index (χ0) is 20.5. The van der Waals surface area contributed by atoms with Crippen LogP contribution in [0.15, 0.2) is 36.4 Å². The first kappa shape index (κ1) is 21.3. The molecule has 150 valence electrons. The first-order chi connectivity index (χ1) is 13.5. The van der Waals surface area contributed by atoms with Gasteiger partial charge in [-0.2, -0.15) is 0 Å². The second kappa shape index (κ2) is 10.4. The minimum atomic E-state index is -0.284. The Morgan fingerprint density at radius 1 is 1.00 bits per heavy atom. The van der Waals surface area contributed by atoms with Crippen LogP contribution in [0.5, 0.6) is 17.2 Å². The quantitative estimate of drug-likeness (QED) is 0.580. The lowest BCUT2D eigenvalue weighted by atomic mass is 10.1. The molecule has 0 unspecified atom stereocenters. The van der Waals surface area contributed by atoms with Crippen molar-refractivity contribution in [2.24, 2.45) is 0 Å². The van der Waals surface area contributed by atoms with Gasteiger partial charge in [-0.3, -0.25) is 4.79 Å². The zero-order valence-electron chi connectivity index (χ0n) is 16.4. The summed E-state index contributed by atoms with van der Waals surface area (Å²) in [5.74, 6) is 1.37. The van der Waals surface area contributed by atoms with Crippen LogP contribution in [-0.4, -0.2) is 38.4 Å². The van der Waals surface area contributed by atoms with Crippen molar-refractivity contribution in [2.45, 2.75) is 13.8 Å². The summed E-state index contributed by atoms with van der Waals surface area (Å²) in [6.07, 6.45) is 0. The maximum Gasteiger partial charge on any atom is 0.255 e. The molecule has 28 heavy (non-hydrogen) atoms. The van der Waals surface area contributed by atoms with Crippen molar-refractivity contribution in [3.05, 3.63) is 42.0 Å². The maximum absolute atomic E-state index is 12.7. The van der Waals surface area contributed by atoms with Crippen LogP contribution in [0.3, 0.4) is 0 Å². The molecule has 0 saturated carbocycles. The normalized spacial score (nSPS) is 10.0. The van der Waals surface area contributed by atoms with Gasteiger partial charge in [-0.25, -0.2) is 0 Å². The van der Waals surface area contributed by atoms with Gasteiger partial charge in [0.2, 0.25) is 0 Å². The Kier molecular flexibility index (Phi) is 7.88. The Bertz CT molecular complexity index is 842. The summed E-state index contributed by atoms with van der Waals surface area (Å²) in [4.78, 5) is 12.7. The summed E-state index contributed by atoms with van der Waals surface area (Å²) < 4.78 is 16.6. The lowest BCUT2D eigenvalue weighted by Gasteiger charge is -2.18. The van der Waals surface area contributed by atoms with Crippen molar-refractivity contribution >= 4 is 34.6 Å². The van der Waals surface area contributed by atoms with Crippen molar-refractivity contribution < 1.29 is 19.0 Å². The molecule has 8 heteroatoms. The van der Waals surface area contributed by atoms with Gasteiger partial charge in [0.05, 0.1) is 31.7 Å². The summed E-state index contributed by atoms with van der Waals surface area (Å²) in [5.41, 5.74) is 1.61. The monoisotopic (exact) mass is 403 g/mol. The van der Waals surface area contributed by atoms with Gasteiger partial charge in [-0.1, -0.05) is 6.07 Å². The number of rotatable bonds is 8. The molecule has 0 radical (unpaired) electrons. The minimum Gasteiger partial charge on any atom is -0.497 e. The van der Waals surface area contributed by atoms with Crippen molar-refractivity contribution in [1.82, 2.24) is 5.32 Å². The first-order valence-corrected chi connectivity index (χ1v) is 9.30. The lowest BCUT2D eigenvalue weighted by molar-refractivity contribution is 0.102. The second-order valence-corrected chi connectivity index (χ2v) is 6.01. The molecule has 2 aromatic rings. The average Bonchev–Trinajstić information content (AvgIpc) is 2.71. The summed E-state index contributed by atoms with van der Waals surface area (Å²) in [6.45, 7) is 4.64. The average molecular weight is 404 g/mol. The molecule has 0 heterocycles. The molecular formula is C20H25N3O4S. The van der Waals surface area contributed by atoms with Crippen molar-refractivity contribution in [3.63, 3.8) is 0 Å². The number of methoxy groups -OCH3 is 1. The van der Waals surface area contributed by atoms with Gasteiger partial charge in [0.15, 0.2) is 5.11 Å². The fraction of sp³-hybridized carbons (Fsp3) is 0.300. The number of anilines is 2. The van der Waals surface area contributed by atoms with E-state index in [2.05, 4.69) is 16.0 Å². The molecular weight excluding hydrogens is 378 g/mol. The molecule has 0 fully saturated rings. The predicted octanol–water partition coefficient (Wildman–Crippen LogP) is 3.66. The molecule has 0 aliphatic carbocycles. The van der Waals surface area contributed by atoms with Gasteiger partial charge >= 0.3 is 0 Å². The standard InChI is InChI=1S/C20H25N3O4S/c1-5-26-17-12-16(23-20(28)21-3)18(27-6-2)11-15(17)22-19(24)13-8-7-9-14(10-13)25-4/h7-12H,5-6H2,1-4H3,(H,22,24)(H2,21,23,28). The van der Waals surface area contributed by atoms with Crippen molar-refractivity contribution in [1.29, 1.82) is 0 Å². The molecule has 0 bridgehead atoms. The fourth-order valence-electron chi connectivity index (χ4n) is 2.45. The highest BCUT2D eigenvalue weighted by atomic mass is 32.1. The fourth-order valence-corrected chi connectivity index (χ4v) is 2.56. The lowest BCUT2D eigenvalue weighted by Crippen LogP contribution is -2.24. The van der Waals surface area contributed by atoms with Crippen LogP contribution in [0.1, 0.15) is 24.2 Å². The number of nitrogens with one attached hydrogen (secondary N) is 3. The van der Waals surface area contributed by atoms with Crippen LogP contribution in [0.4, 0.5) is 11.4 Å². The van der Waals surface area contributed by atoms with E-state index in [1.807, 2.05) is 13.8 Å². The molecule has 0 aromatic heterocycles. The third-order valence-electron chi connectivity index (χ3n) is 3.74. The topological polar surface area (TPSA) is 80.9 Å². The van der Waals surface area contributed by atoms with Crippen molar-refractivity contribution in [3.8, 4) is 17.2 Å². The molecule has 0 spiro atoms. The van der Waals surface area contributed by atoms with E-state index >= 15 is 0 Å². The number of hydrogen-bond donors (Lipinski definition) is 3. The largest absolute Gasteiger partial charge is 0.497 e. The van der Waals surface area contributed by atoms with Gasteiger partial charge in [-0.05, 0) is 44.3 Å². The molecule has 0 atom stereocenters. The predicted molar refractivity (Wildman–Crippen MR) is 115 cm³/mol.